The number of thiophene rings is 1. The van der Waals surface area contributed by atoms with Crippen LogP contribution < -0.4 is 5.32 Å². The van der Waals surface area contributed by atoms with E-state index >= 15 is 0 Å². The molecule has 19 heavy (non-hydrogen) atoms. The molecule has 2 rings (SSSR count). The summed E-state index contributed by atoms with van der Waals surface area (Å²) in [5.41, 5.74) is 0.879. The van der Waals surface area contributed by atoms with Gasteiger partial charge < -0.3 is 5.32 Å². The van der Waals surface area contributed by atoms with E-state index in [0.717, 1.165) is 18.9 Å². The molecule has 1 saturated carbocycles. The minimum absolute atomic E-state index is 0.439. The smallest absolute Gasteiger partial charge is 0.0454 e. The van der Waals surface area contributed by atoms with E-state index in [2.05, 4.69) is 59.0 Å². The van der Waals surface area contributed by atoms with Gasteiger partial charge in [0.1, 0.15) is 0 Å². The Labute approximate surface area is 122 Å². The first-order valence-corrected chi connectivity index (χ1v) is 8.49. The van der Waals surface area contributed by atoms with Gasteiger partial charge in [0.25, 0.3) is 0 Å². The Hall–Kier alpha value is -0.340. The molecule has 1 fully saturated rings. The van der Waals surface area contributed by atoms with E-state index in [0.29, 0.717) is 16.9 Å². The molecule has 1 aliphatic rings. The second kappa shape index (κ2) is 5.21. The Morgan fingerprint density at radius 2 is 1.79 bits per heavy atom. The van der Waals surface area contributed by atoms with E-state index < -0.39 is 0 Å². The fourth-order valence-corrected chi connectivity index (χ4v) is 4.58. The molecule has 0 saturated heterocycles. The highest BCUT2D eigenvalue weighted by atomic mass is 32.1. The summed E-state index contributed by atoms with van der Waals surface area (Å²) in [5.74, 6) is 0.745. The third-order valence-corrected chi connectivity index (χ3v) is 6.73. The van der Waals surface area contributed by atoms with Crippen molar-refractivity contribution in [3.63, 3.8) is 0 Å². The lowest BCUT2D eigenvalue weighted by atomic mass is 10.0. The summed E-state index contributed by atoms with van der Waals surface area (Å²) in [5, 5.41) is 3.81. The van der Waals surface area contributed by atoms with Crippen molar-refractivity contribution in [3.8, 4) is 0 Å². The van der Waals surface area contributed by atoms with Gasteiger partial charge in [0, 0.05) is 15.8 Å². The lowest BCUT2D eigenvalue weighted by Crippen LogP contribution is -2.25. The van der Waals surface area contributed by atoms with Crippen molar-refractivity contribution >= 4 is 11.3 Å². The molecule has 1 heterocycles. The van der Waals surface area contributed by atoms with Crippen molar-refractivity contribution < 1.29 is 0 Å². The summed E-state index contributed by atoms with van der Waals surface area (Å²) in [4.78, 5) is 3.04. The maximum atomic E-state index is 3.81. The molecule has 1 aliphatic carbocycles. The predicted octanol–water partition coefficient (Wildman–Crippen LogP) is 5.03. The fourth-order valence-electron chi connectivity index (χ4n) is 3.52. The molecule has 0 aliphatic heterocycles. The molecule has 1 nitrogen and oxygen atoms in total. The van der Waals surface area contributed by atoms with E-state index in [9.17, 15) is 0 Å². The third kappa shape index (κ3) is 2.50. The molecule has 1 aromatic rings. The normalized spacial score (nSPS) is 22.4. The number of nitrogens with one attached hydrogen (secondary N) is 1. The van der Waals surface area contributed by atoms with Gasteiger partial charge >= 0.3 is 0 Å². The van der Waals surface area contributed by atoms with E-state index in [-0.39, 0.29) is 0 Å². The van der Waals surface area contributed by atoms with Crippen LogP contribution in [0.15, 0.2) is 12.1 Å². The second-order valence-corrected chi connectivity index (χ2v) is 8.21. The summed E-state index contributed by atoms with van der Waals surface area (Å²) >= 11 is 2.00. The highest BCUT2D eigenvalue weighted by molar-refractivity contribution is 7.12. The maximum absolute atomic E-state index is 3.81. The summed E-state index contributed by atoms with van der Waals surface area (Å²) in [6.07, 6.45) is 2.36. The van der Waals surface area contributed by atoms with Crippen LogP contribution in [0.2, 0.25) is 0 Å². The fraction of sp³-hybridized carbons (Fsp3) is 0.765. The highest BCUT2D eigenvalue weighted by Gasteiger charge is 2.67. The molecule has 1 atom stereocenters. The highest BCUT2D eigenvalue weighted by Crippen LogP contribution is 2.72. The molecule has 0 radical (unpaired) electrons. The molecule has 0 bridgehead atoms. The average Bonchev–Trinajstić information content (AvgIpc) is 2.75. The minimum Gasteiger partial charge on any atom is -0.309 e. The predicted molar refractivity (Wildman–Crippen MR) is 85.8 cm³/mol. The molecule has 0 spiro atoms. The third-order valence-electron chi connectivity index (χ3n) is 5.42. The summed E-state index contributed by atoms with van der Waals surface area (Å²) in [6, 6.07) is 5.19. The van der Waals surface area contributed by atoms with Gasteiger partial charge in [-0.2, -0.15) is 0 Å². The van der Waals surface area contributed by atoms with E-state index in [1.165, 1.54) is 16.2 Å². The van der Waals surface area contributed by atoms with E-state index in [1.807, 2.05) is 11.3 Å². The topological polar surface area (TPSA) is 12.0 Å². The van der Waals surface area contributed by atoms with Gasteiger partial charge in [0.05, 0.1) is 0 Å². The second-order valence-electron chi connectivity index (χ2n) is 7.01. The quantitative estimate of drug-likeness (QED) is 0.770. The van der Waals surface area contributed by atoms with Crippen molar-refractivity contribution in [1.82, 2.24) is 5.32 Å². The standard InChI is InChI=1S/C17H29NS/c1-7-11-18-14(13-10-9-12(8-2)19-13)15-16(3,4)17(15,5)6/h9-10,14-15,18H,7-8,11H2,1-6H3. The van der Waals surface area contributed by atoms with Crippen molar-refractivity contribution in [3.05, 3.63) is 21.9 Å². The summed E-state index contributed by atoms with van der Waals surface area (Å²) in [6.45, 7) is 15.3. The van der Waals surface area contributed by atoms with Gasteiger partial charge in [-0.05, 0) is 48.3 Å². The molecule has 1 unspecified atom stereocenters. The first kappa shape index (κ1) is 15.1. The van der Waals surface area contributed by atoms with Crippen LogP contribution in [0.25, 0.3) is 0 Å². The van der Waals surface area contributed by atoms with Gasteiger partial charge in [-0.25, -0.2) is 0 Å². The first-order valence-electron chi connectivity index (χ1n) is 7.68. The van der Waals surface area contributed by atoms with Crippen molar-refractivity contribution in [2.45, 2.75) is 60.4 Å². The van der Waals surface area contributed by atoms with Crippen LogP contribution in [-0.4, -0.2) is 6.54 Å². The Balaban J connectivity index is 2.22. The molecule has 1 N–H and O–H groups in total. The van der Waals surface area contributed by atoms with Gasteiger partial charge in [-0.1, -0.05) is 41.5 Å². The summed E-state index contributed by atoms with van der Waals surface area (Å²) in [7, 11) is 0. The number of hydrogen-bond acceptors (Lipinski definition) is 2. The Morgan fingerprint density at radius 1 is 1.16 bits per heavy atom. The van der Waals surface area contributed by atoms with Gasteiger partial charge in [-0.3, -0.25) is 0 Å². The van der Waals surface area contributed by atoms with Crippen LogP contribution in [-0.2, 0) is 6.42 Å². The van der Waals surface area contributed by atoms with E-state index in [1.54, 1.807) is 0 Å². The molecule has 2 heteroatoms. The van der Waals surface area contributed by atoms with Crippen LogP contribution in [0.3, 0.4) is 0 Å². The molecule has 108 valence electrons. The van der Waals surface area contributed by atoms with E-state index in [4.69, 9.17) is 0 Å². The zero-order valence-electron chi connectivity index (χ0n) is 13.3. The minimum atomic E-state index is 0.439. The van der Waals surface area contributed by atoms with Crippen LogP contribution in [0.5, 0.6) is 0 Å². The molecule has 1 aromatic heterocycles. The van der Waals surface area contributed by atoms with Crippen molar-refractivity contribution in [1.29, 1.82) is 0 Å². The largest absolute Gasteiger partial charge is 0.309 e. The van der Waals surface area contributed by atoms with Gasteiger partial charge in [-0.15, -0.1) is 11.3 Å². The Bertz CT molecular complexity index is 416. The Morgan fingerprint density at radius 3 is 2.21 bits per heavy atom. The number of aryl methyl sites for hydroxylation is 1. The van der Waals surface area contributed by atoms with Crippen LogP contribution in [0.4, 0.5) is 0 Å². The van der Waals surface area contributed by atoms with Gasteiger partial charge in [0.2, 0.25) is 0 Å². The number of rotatable bonds is 6. The summed E-state index contributed by atoms with van der Waals surface area (Å²) < 4.78 is 0. The SMILES string of the molecule is CCCNC(c1ccc(CC)s1)C1C(C)(C)C1(C)C. The average molecular weight is 279 g/mol. The van der Waals surface area contributed by atoms with Crippen LogP contribution >= 0.6 is 11.3 Å². The lowest BCUT2D eigenvalue weighted by molar-refractivity contribution is 0.415. The maximum Gasteiger partial charge on any atom is 0.0454 e. The molecular weight excluding hydrogens is 250 g/mol. The Kier molecular flexibility index (Phi) is 4.13. The van der Waals surface area contributed by atoms with Crippen molar-refractivity contribution in [2.75, 3.05) is 6.54 Å². The lowest BCUT2D eigenvalue weighted by Gasteiger charge is -2.19. The molecular formula is C17H29NS. The first-order chi connectivity index (χ1) is 8.86. The van der Waals surface area contributed by atoms with Crippen molar-refractivity contribution in [2.24, 2.45) is 16.7 Å². The molecule has 0 amide bonds. The van der Waals surface area contributed by atoms with Gasteiger partial charge in [0.15, 0.2) is 0 Å². The number of hydrogen-bond donors (Lipinski definition) is 1. The zero-order valence-corrected chi connectivity index (χ0v) is 14.2. The van der Waals surface area contributed by atoms with Crippen LogP contribution in [0, 0.1) is 16.7 Å². The molecule has 0 aromatic carbocycles. The monoisotopic (exact) mass is 279 g/mol. The van der Waals surface area contributed by atoms with Crippen LogP contribution in [0.1, 0.15) is 63.8 Å². The zero-order chi connectivity index (χ0) is 14.3.